The molecule has 0 saturated heterocycles. The van der Waals surface area contributed by atoms with Gasteiger partial charge in [0.15, 0.2) is 0 Å². The van der Waals surface area contributed by atoms with Crippen LogP contribution in [0.2, 0.25) is 0 Å². The maximum absolute atomic E-state index is 12.6. The highest BCUT2D eigenvalue weighted by atomic mass is 127. The topological polar surface area (TPSA) is 80.7 Å². The van der Waals surface area contributed by atoms with Gasteiger partial charge < -0.3 is 4.74 Å². The molecular formula is C10H14F3IO5S. The number of halogens is 4. The van der Waals surface area contributed by atoms with Gasteiger partial charge in [-0.05, 0) is 12.8 Å². The molecule has 1 fully saturated rings. The molecule has 1 unspecified atom stereocenters. The predicted molar refractivity (Wildman–Crippen MR) is 72.2 cm³/mol. The maximum atomic E-state index is 12.6. The highest BCUT2D eigenvalue weighted by Gasteiger charge is 2.48. The summed E-state index contributed by atoms with van der Waals surface area (Å²) in [5, 5.41) is 0. The Hall–Kier alpha value is -0.100. The normalized spacial score (nSPS) is 21.2. The van der Waals surface area contributed by atoms with Crippen LogP contribution in [0.5, 0.6) is 0 Å². The fourth-order valence-electron chi connectivity index (χ4n) is 1.94. The molecule has 20 heavy (non-hydrogen) atoms. The Bertz CT molecular complexity index is 456. The van der Waals surface area contributed by atoms with Gasteiger partial charge in [0.25, 0.3) is 10.1 Å². The van der Waals surface area contributed by atoms with E-state index in [1.54, 1.807) is 22.6 Å². The molecular weight excluding hydrogens is 416 g/mol. The molecule has 0 aliphatic heterocycles. The lowest BCUT2D eigenvalue weighted by Crippen LogP contribution is -2.45. The lowest BCUT2D eigenvalue weighted by molar-refractivity contribution is -0.216. The van der Waals surface area contributed by atoms with Crippen molar-refractivity contribution in [2.24, 2.45) is 0 Å². The van der Waals surface area contributed by atoms with Crippen molar-refractivity contribution in [1.82, 2.24) is 0 Å². The number of esters is 1. The molecule has 0 aromatic carbocycles. The SMILES string of the molecule is O=C(OC(CS(=O)(=O)O)C(F)(F)F)C1(I)CCCCC1. The minimum Gasteiger partial charge on any atom is -0.450 e. The minimum absolute atomic E-state index is 0.392. The third-order valence-corrected chi connectivity index (χ3v) is 5.23. The van der Waals surface area contributed by atoms with Crippen LogP contribution in [0.15, 0.2) is 0 Å². The summed E-state index contributed by atoms with van der Waals surface area (Å²) >= 11 is 1.76. The van der Waals surface area contributed by atoms with E-state index in [-0.39, 0.29) is 0 Å². The van der Waals surface area contributed by atoms with Crippen molar-refractivity contribution in [3.05, 3.63) is 0 Å². The summed E-state index contributed by atoms with van der Waals surface area (Å²) in [5.41, 5.74) is 0. The van der Waals surface area contributed by atoms with E-state index >= 15 is 0 Å². The minimum atomic E-state index is -5.05. The molecule has 5 nitrogen and oxygen atoms in total. The molecule has 1 atom stereocenters. The van der Waals surface area contributed by atoms with Crippen LogP contribution >= 0.6 is 22.6 Å². The average Bonchev–Trinajstić information content (AvgIpc) is 2.26. The Morgan fingerprint density at radius 1 is 1.30 bits per heavy atom. The van der Waals surface area contributed by atoms with E-state index in [4.69, 9.17) is 4.55 Å². The number of carbonyl (C=O) groups is 1. The fourth-order valence-corrected chi connectivity index (χ4v) is 3.47. The van der Waals surface area contributed by atoms with Crippen molar-refractivity contribution >= 4 is 38.7 Å². The molecule has 10 heteroatoms. The van der Waals surface area contributed by atoms with Crippen LogP contribution < -0.4 is 0 Å². The van der Waals surface area contributed by atoms with Crippen molar-refractivity contribution in [2.75, 3.05) is 5.75 Å². The monoisotopic (exact) mass is 430 g/mol. The lowest BCUT2D eigenvalue weighted by atomic mass is 9.89. The first-order valence-electron chi connectivity index (χ1n) is 5.86. The van der Waals surface area contributed by atoms with Gasteiger partial charge >= 0.3 is 12.1 Å². The second-order valence-corrected chi connectivity index (χ2v) is 8.27. The quantitative estimate of drug-likeness (QED) is 0.321. The highest BCUT2D eigenvalue weighted by molar-refractivity contribution is 14.1. The zero-order valence-electron chi connectivity index (χ0n) is 10.3. The van der Waals surface area contributed by atoms with Gasteiger partial charge in [0.1, 0.15) is 9.17 Å². The number of hydrogen-bond donors (Lipinski definition) is 1. The molecule has 1 saturated carbocycles. The van der Waals surface area contributed by atoms with Crippen LogP contribution in [0, 0.1) is 0 Å². The molecule has 0 aromatic rings. The van der Waals surface area contributed by atoms with E-state index in [1.165, 1.54) is 0 Å². The molecule has 1 aliphatic rings. The third-order valence-electron chi connectivity index (χ3n) is 2.99. The molecule has 1 rings (SSSR count). The van der Waals surface area contributed by atoms with Gasteiger partial charge in [-0.3, -0.25) is 9.35 Å². The molecule has 1 aliphatic carbocycles. The first-order valence-corrected chi connectivity index (χ1v) is 8.55. The van der Waals surface area contributed by atoms with Gasteiger partial charge in [0, 0.05) is 0 Å². The van der Waals surface area contributed by atoms with E-state index in [1.807, 2.05) is 0 Å². The lowest BCUT2D eigenvalue weighted by Gasteiger charge is -2.31. The van der Waals surface area contributed by atoms with Gasteiger partial charge in [-0.1, -0.05) is 41.9 Å². The number of hydrogen-bond acceptors (Lipinski definition) is 4. The summed E-state index contributed by atoms with van der Waals surface area (Å²) in [6, 6.07) is 0. The average molecular weight is 430 g/mol. The van der Waals surface area contributed by atoms with Crippen LogP contribution in [0.25, 0.3) is 0 Å². The van der Waals surface area contributed by atoms with E-state index in [0.717, 1.165) is 6.42 Å². The van der Waals surface area contributed by atoms with E-state index in [9.17, 15) is 26.4 Å². The summed E-state index contributed by atoms with van der Waals surface area (Å²) in [4.78, 5) is 11.9. The summed E-state index contributed by atoms with van der Waals surface area (Å²) in [5.74, 6) is -2.77. The van der Waals surface area contributed by atoms with Crippen molar-refractivity contribution in [2.45, 2.75) is 47.8 Å². The zero-order valence-corrected chi connectivity index (χ0v) is 13.3. The second kappa shape index (κ2) is 6.34. The first-order chi connectivity index (χ1) is 8.94. The predicted octanol–water partition coefficient (Wildman–Crippen LogP) is 2.49. The Labute approximate surface area is 128 Å². The summed E-state index contributed by atoms with van der Waals surface area (Å²) in [6.45, 7) is 0. The summed E-state index contributed by atoms with van der Waals surface area (Å²) in [6.07, 6.45) is -4.82. The van der Waals surface area contributed by atoms with Crippen molar-refractivity contribution in [3.63, 3.8) is 0 Å². The van der Waals surface area contributed by atoms with Crippen LogP contribution in [0.1, 0.15) is 32.1 Å². The zero-order chi connectivity index (χ0) is 15.6. The molecule has 0 heterocycles. The first kappa shape index (κ1) is 18.0. The summed E-state index contributed by atoms with van der Waals surface area (Å²) in [7, 11) is -4.90. The van der Waals surface area contributed by atoms with Gasteiger partial charge in [0.05, 0.1) is 0 Å². The van der Waals surface area contributed by atoms with Gasteiger partial charge in [-0.25, -0.2) is 0 Å². The van der Waals surface area contributed by atoms with Crippen molar-refractivity contribution in [1.29, 1.82) is 0 Å². The Kier molecular flexibility index (Phi) is 5.69. The van der Waals surface area contributed by atoms with Crippen LogP contribution in [0.4, 0.5) is 13.2 Å². The Morgan fingerprint density at radius 2 is 1.80 bits per heavy atom. The highest BCUT2D eigenvalue weighted by Crippen LogP contribution is 2.38. The molecule has 0 aromatic heterocycles. The maximum Gasteiger partial charge on any atom is 0.426 e. The number of ether oxygens (including phenoxy) is 1. The molecule has 0 radical (unpaired) electrons. The Morgan fingerprint density at radius 3 is 2.20 bits per heavy atom. The van der Waals surface area contributed by atoms with Crippen LogP contribution in [-0.2, 0) is 19.6 Å². The third kappa shape index (κ3) is 5.35. The van der Waals surface area contributed by atoms with E-state index < -0.39 is 37.5 Å². The van der Waals surface area contributed by atoms with Crippen LogP contribution in [-0.4, -0.2) is 40.4 Å². The largest absolute Gasteiger partial charge is 0.450 e. The molecule has 1 N–H and O–H groups in total. The van der Waals surface area contributed by atoms with Gasteiger partial charge in [0.2, 0.25) is 6.10 Å². The molecule has 0 spiro atoms. The number of alkyl halides is 4. The van der Waals surface area contributed by atoms with Crippen LogP contribution in [0.3, 0.4) is 0 Å². The van der Waals surface area contributed by atoms with Gasteiger partial charge in [-0.2, -0.15) is 21.6 Å². The smallest absolute Gasteiger partial charge is 0.426 e. The standard InChI is InChI=1S/C10H14F3IO5S/c11-10(12,13)7(6-20(16,17)18)19-8(15)9(14)4-2-1-3-5-9/h7H,1-6H2,(H,16,17,18). The number of carbonyl (C=O) groups excluding carboxylic acids is 1. The van der Waals surface area contributed by atoms with Crippen molar-refractivity contribution in [3.8, 4) is 0 Å². The molecule has 118 valence electrons. The molecule has 0 amide bonds. The van der Waals surface area contributed by atoms with Crippen molar-refractivity contribution < 1.29 is 35.7 Å². The number of rotatable bonds is 4. The molecule has 0 bridgehead atoms. The van der Waals surface area contributed by atoms with E-state index in [2.05, 4.69) is 4.74 Å². The van der Waals surface area contributed by atoms with E-state index in [0.29, 0.717) is 25.7 Å². The second-order valence-electron chi connectivity index (χ2n) is 4.71. The summed E-state index contributed by atoms with van der Waals surface area (Å²) < 4.78 is 70.9. The Balaban J connectivity index is 2.81. The van der Waals surface area contributed by atoms with Gasteiger partial charge in [-0.15, -0.1) is 0 Å². The fraction of sp³-hybridized carbons (Fsp3) is 0.900.